The highest BCUT2D eigenvalue weighted by atomic mass is 35.5. The number of rotatable bonds is 2. The summed E-state index contributed by atoms with van der Waals surface area (Å²) in [5.41, 5.74) is 0.797. The van der Waals surface area contributed by atoms with E-state index >= 15 is 0 Å². The second-order valence-corrected chi connectivity index (χ2v) is 5.10. The van der Waals surface area contributed by atoms with E-state index in [0.717, 1.165) is 5.56 Å². The number of hydrogen-bond donors (Lipinski definition) is 1. The molecular weight excluding hydrogens is 231 g/mol. The summed E-state index contributed by atoms with van der Waals surface area (Å²) in [4.78, 5) is 10.5. The van der Waals surface area contributed by atoms with Crippen LogP contribution in [0.25, 0.3) is 0 Å². The van der Waals surface area contributed by atoms with Crippen LogP contribution in [0.1, 0.15) is 38.1 Å². The Bertz CT molecular complexity index is 410. The third-order valence-corrected chi connectivity index (χ3v) is 2.62. The molecule has 0 aliphatic heterocycles. The highest BCUT2D eigenvalue weighted by Crippen LogP contribution is 2.32. The van der Waals surface area contributed by atoms with Crippen LogP contribution in [0.4, 0.5) is 4.39 Å². The molecule has 0 bridgehead atoms. The largest absolute Gasteiger partial charge is 0.479 e. The highest BCUT2D eigenvalue weighted by molar-refractivity contribution is 6.31. The molecular formula is C12H14ClFO2. The van der Waals surface area contributed by atoms with Gasteiger partial charge in [-0.1, -0.05) is 44.5 Å². The Labute approximate surface area is 99.0 Å². The van der Waals surface area contributed by atoms with Gasteiger partial charge in [0.25, 0.3) is 0 Å². The minimum Gasteiger partial charge on any atom is -0.479 e. The van der Waals surface area contributed by atoms with Crippen molar-refractivity contribution in [2.24, 2.45) is 0 Å². The maximum atomic E-state index is 13.2. The van der Waals surface area contributed by atoms with Gasteiger partial charge in [-0.25, -0.2) is 9.18 Å². The zero-order valence-corrected chi connectivity index (χ0v) is 10.2. The summed E-state index contributed by atoms with van der Waals surface area (Å²) in [5, 5.41) is 8.93. The molecule has 1 N–H and O–H groups in total. The van der Waals surface area contributed by atoms with Crippen LogP contribution in [0.15, 0.2) is 18.2 Å². The summed E-state index contributed by atoms with van der Waals surface area (Å²) in [6, 6.07) is 4.51. The number of carboxylic acid groups (broad SMARTS) is 1. The number of alkyl halides is 1. The maximum Gasteiger partial charge on any atom is 0.343 e. The van der Waals surface area contributed by atoms with Crippen LogP contribution in [-0.4, -0.2) is 11.1 Å². The van der Waals surface area contributed by atoms with E-state index in [-0.39, 0.29) is 11.0 Å². The first-order chi connectivity index (χ1) is 7.23. The van der Waals surface area contributed by atoms with Gasteiger partial charge in [0.2, 0.25) is 6.17 Å². The predicted octanol–water partition coefficient (Wildman–Crippen LogP) is 3.73. The van der Waals surface area contributed by atoms with Gasteiger partial charge in [-0.3, -0.25) is 0 Å². The standard InChI is InChI=1S/C12H14ClFO2/c1-12(2,3)8-5-4-7(6-9(8)13)10(14)11(15)16/h4-6,10H,1-3H3,(H,15,16). The molecule has 1 rings (SSSR count). The number of carbonyl (C=O) groups is 1. The molecule has 0 spiro atoms. The van der Waals surface area contributed by atoms with Gasteiger partial charge in [-0.15, -0.1) is 0 Å². The van der Waals surface area contributed by atoms with Gasteiger partial charge in [-0.05, 0) is 22.6 Å². The molecule has 2 nitrogen and oxygen atoms in total. The highest BCUT2D eigenvalue weighted by Gasteiger charge is 2.22. The Morgan fingerprint density at radius 1 is 1.44 bits per heavy atom. The number of aliphatic carboxylic acids is 1. The van der Waals surface area contributed by atoms with Crippen LogP contribution in [0, 0.1) is 0 Å². The second-order valence-electron chi connectivity index (χ2n) is 4.69. The SMILES string of the molecule is CC(C)(C)c1ccc(C(F)C(=O)O)cc1Cl. The summed E-state index contributed by atoms with van der Waals surface area (Å²) in [5.74, 6) is -1.50. The first-order valence-electron chi connectivity index (χ1n) is 4.90. The van der Waals surface area contributed by atoms with E-state index in [1.165, 1.54) is 12.1 Å². The van der Waals surface area contributed by atoms with Gasteiger partial charge in [0.1, 0.15) is 0 Å². The van der Waals surface area contributed by atoms with Crippen molar-refractivity contribution in [3.63, 3.8) is 0 Å². The lowest BCUT2D eigenvalue weighted by molar-refractivity contribution is -0.143. The normalized spacial score (nSPS) is 13.6. The summed E-state index contributed by atoms with van der Waals surface area (Å²) in [6.45, 7) is 5.95. The van der Waals surface area contributed by atoms with E-state index in [9.17, 15) is 9.18 Å². The monoisotopic (exact) mass is 244 g/mol. The van der Waals surface area contributed by atoms with E-state index in [2.05, 4.69) is 0 Å². The molecule has 0 aliphatic carbocycles. The van der Waals surface area contributed by atoms with E-state index < -0.39 is 12.1 Å². The average molecular weight is 245 g/mol. The number of carboxylic acids is 1. The molecule has 4 heteroatoms. The summed E-state index contributed by atoms with van der Waals surface area (Å²) < 4.78 is 13.2. The van der Waals surface area contributed by atoms with Crippen molar-refractivity contribution in [3.05, 3.63) is 34.3 Å². The van der Waals surface area contributed by atoms with Crippen LogP contribution >= 0.6 is 11.6 Å². The van der Waals surface area contributed by atoms with Crippen LogP contribution in [0.5, 0.6) is 0 Å². The van der Waals surface area contributed by atoms with Gasteiger partial charge in [0.05, 0.1) is 0 Å². The van der Waals surface area contributed by atoms with Crippen molar-refractivity contribution in [1.82, 2.24) is 0 Å². The van der Waals surface area contributed by atoms with Crippen molar-refractivity contribution >= 4 is 17.6 Å². The number of halogens is 2. The van der Waals surface area contributed by atoms with Gasteiger partial charge >= 0.3 is 5.97 Å². The van der Waals surface area contributed by atoms with Gasteiger partial charge in [0, 0.05) is 5.02 Å². The summed E-state index contributed by atoms with van der Waals surface area (Å²) in [7, 11) is 0. The topological polar surface area (TPSA) is 37.3 Å². The first kappa shape index (κ1) is 13.0. The smallest absolute Gasteiger partial charge is 0.343 e. The molecule has 0 saturated carbocycles. The zero-order valence-electron chi connectivity index (χ0n) is 9.42. The molecule has 88 valence electrons. The van der Waals surface area contributed by atoms with E-state index in [1.807, 2.05) is 20.8 Å². The molecule has 0 amide bonds. The lowest BCUT2D eigenvalue weighted by atomic mass is 9.86. The molecule has 1 aromatic carbocycles. The molecule has 0 fully saturated rings. The van der Waals surface area contributed by atoms with Gasteiger partial charge in [0.15, 0.2) is 0 Å². The lowest BCUT2D eigenvalue weighted by Gasteiger charge is -2.21. The van der Waals surface area contributed by atoms with Crippen molar-refractivity contribution in [2.45, 2.75) is 32.4 Å². The molecule has 0 radical (unpaired) electrons. The third kappa shape index (κ3) is 2.73. The molecule has 0 aliphatic rings. The minimum atomic E-state index is -2.02. The van der Waals surface area contributed by atoms with Crippen LogP contribution in [-0.2, 0) is 10.2 Å². The predicted molar refractivity (Wildman–Crippen MR) is 61.6 cm³/mol. The molecule has 0 aromatic heterocycles. The average Bonchev–Trinajstić information content (AvgIpc) is 2.14. The van der Waals surface area contributed by atoms with Crippen molar-refractivity contribution in [1.29, 1.82) is 0 Å². The Morgan fingerprint density at radius 2 is 2.00 bits per heavy atom. The van der Waals surface area contributed by atoms with Gasteiger partial charge < -0.3 is 5.11 Å². The van der Waals surface area contributed by atoms with Crippen LogP contribution < -0.4 is 0 Å². The number of hydrogen-bond acceptors (Lipinski definition) is 1. The Kier molecular flexibility index (Phi) is 3.58. The quantitative estimate of drug-likeness (QED) is 0.861. The van der Waals surface area contributed by atoms with E-state index in [1.54, 1.807) is 6.07 Å². The third-order valence-electron chi connectivity index (χ3n) is 2.31. The Morgan fingerprint density at radius 3 is 2.38 bits per heavy atom. The second kappa shape index (κ2) is 4.42. The molecule has 1 atom stereocenters. The van der Waals surface area contributed by atoms with Crippen LogP contribution in [0.3, 0.4) is 0 Å². The Balaban J connectivity index is 3.14. The molecule has 1 unspecified atom stereocenters. The fourth-order valence-electron chi connectivity index (χ4n) is 1.44. The minimum absolute atomic E-state index is 0.0745. The van der Waals surface area contributed by atoms with Gasteiger partial charge in [-0.2, -0.15) is 0 Å². The van der Waals surface area contributed by atoms with Crippen LogP contribution in [0.2, 0.25) is 5.02 Å². The Hall–Kier alpha value is -1.09. The molecule has 0 saturated heterocycles. The number of benzene rings is 1. The van der Waals surface area contributed by atoms with Crippen molar-refractivity contribution < 1.29 is 14.3 Å². The van der Waals surface area contributed by atoms with Crippen molar-refractivity contribution in [2.75, 3.05) is 0 Å². The van der Waals surface area contributed by atoms with E-state index in [0.29, 0.717) is 5.02 Å². The summed E-state index contributed by atoms with van der Waals surface area (Å²) in [6.07, 6.45) is -2.02. The lowest BCUT2D eigenvalue weighted by Crippen LogP contribution is -2.13. The zero-order chi connectivity index (χ0) is 12.5. The molecule has 1 aromatic rings. The fraction of sp³-hybridized carbons (Fsp3) is 0.417. The van der Waals surface area contributed by atoms with E-state index in [4.69, 9.17) is 16.7 Å². The van der Waals surface area contributed by atoms with Crippen molar-refractivity contribution in [3.8, 4) is 0 Å². The summed E-state index contributed by atoms with van der Waals surface area (Å²) >= 11 is 6.00. The molecule has 16 heavy (non-hydrogen) atoms. The molecule has 0 heterocycles. The first-order valence-corrected chi connectivity index (χ1v) is 5.28. The maximum absolute atomic E-state index is 13.2. The fourth-order valence-corrected chi connectivity index (χ4v) is 1.91.